The van der Waals surface area contributed by atoms with Crippen LogP contribution >= 0.6 is 28.2 Å². The van der Waals surface area contributed by atoms with E-state index < -0.39 is 20.6 Å². The SMILES string of the molecule is CC[SiH](Cl)[Hf]([Cl])([Cl])([CH]1C=Cc2ccccc21)[CH]1c2ccccc2-c2ccccc21. The fraction of sp³-hybridized carbons (Fsp3) is 0.167. The molecule has 0 spiro atoms. The molecule has 147 valence electrons. The Labute approximate surface area is 186 Å². The third kappa shape index (κ3) is 2.79. The third-order valence-corrected chi connectivity index (χ3v) is 82.2. The van der Waals surface area contributed by atoms with E-state index in [2.05, 4.69) is 91.9 Å². The summed E-state index contributed by atoms with van der Waals surface area (Å²) >= 11 is 2.49. The van der Waals surface area contributed by atoms with Crippen LogP contribution in [0.4, 0.5) is 0 Å². The molecule has 3 aromatic carbocycles. The van der Waals surface area contributed by atoms with Crippen LogP contribution < -0.4 is 0 Å². The van der Waals surface area contributed by atoms with Gasteiger partial charge in [0.25, 0.3) is 0 Å². The van der Waals surface area contributed by atoms with Gasteiger partial charge in [0.1, 0.15) is 0 Å². The van der Waals surface area contributed by atoms with Crippen molar-refractivity contribution in [1.82, 2.24) is 0 Å². The van der Waals surface area contributed by atoms with E-state index in [1.165, 1.54) is 33.4 Å². The molecule has 0 N–H and O–H groups in total. The molecule has 0 aromatic heterocycles. The van der Waals surface area contributed by atoms with Gasteiger partial charge >= 0.3 is 187 Å². The van der Waals surface area contributed by atoms with Crippen molar-refractivity contribution in [3.8, 4) is 11.1 Å². The van der Waals surface area contributed by atoms with Crippen molar-refractivity contribution in [1.29, 1.82) is 0 Å². The molecule has 2 aliphatic rings. The van der Waals surface area contributed by atoms with Gasteiger partial charge in [0.05, 0.1) is 0 Å². The van der Waals surface area contributed by atoms with E-state index in [9.17, 15) is 0 Å². The molecule has 2 aliphatic carbocycles. The number of hydrogen-bond acceptors (Lipinski definition) is 0. The van der Waals surface area contributed by atoms with Crippen LogP contribution in [0.25, 0.3) is 17.2 Å². The third-order valence-electron chi connectivity index (χ3n) is 6.74. The number of rotatable bonds is 4. The molecule has 0 radical (unpaired) electrons. The molecule has 0 fully saturated rings. The van der Waals surface area contributed by atoms with Crippen molar-refractivity contribution in [2.75, 3.05) is 0 Å². The molecule has 0 bridgehead atoms. The minimum atomic E-state index is -4.82. The minimum absolute atomic E-state index is 0.0395. The first-order valence-corrected chi connectivity index (χ1v) is 32.5. The summed E-state index contributed by atoms with van der Waals surface area (Å²) in [5.74, 6) is 0. The Balaban J connectivity index is 1.82. The standard InChI is InChI=1S/C13H9.C9H7.C2H6ClSi.2ClH.Hf/c1-3-7-12-10(5-1)9-11-6-2-4-8-13(11)12;1-2-5-9-7-3-6-8(9)4-1;1-2-4-3;;;/h1-9H;1-7H;4H,2H2,1H3;2*1H;/q;;;;;+2/p-2. The van der Waals surface area contributed by atoms with E-state index in [0.717, 1.165) is 6.04 Å². The Hall–Kier alpha value is -0.643. The molecule has 5 rings (SSSR count). The second-order valence-corrected chi connectivity index (χ2v) is 67.7. The first-order chi connectivity index (χ1) is 14.0. The summed E-state index contributed by atoms with van der Waals surface area (Å²) < 4.78 is 0.0996. The fourth-order valence-corrected chi connectivity index (χ4v) is 61.9. The van der Waals surface area contributed by atoms with Crippen LogP contribution in [0.3, 0.4) is 0 Å². The Morgan fingerprint density at radius 1 is 0.793 bits per heavy atom. The van der Waals surface area contributed by atoms with Crippen molar-refractivity contribution in [3.63, 3.8) is 0 Å². The van der Waals surface area contributed by atoms with Gasteiger partial charge in [0.2, 0.25) is 0 Å². The summed E-state index contributed by atoms with van der Waals surface area (Å²) in [7, 11) is 16.0. The van der Waals surface area contributed by atoms with Crippen molar-refractivity contribution in [3.05, 3.63) is 101 Å². The van der Waals surface area contributed by atoms with Crippen LogP contribution in [-0.2, 0) is 15.3 Å². The maximum absolute atomic E-state index is 8.00. The Kier molecular flexibility index (Phi) is 5.04. The molecule has 0 saturated heterocycles. The molecule has 0 heterocycles. The molecule has 2 unspecified atom stereocenters. The second-order valence-electron chi connectivity index (χ2n) is 8.18. The normalized spacial score (nSPS) is 19.9. The van der Waals surface area contributed by atoms with Gasteiger partial charge in [0.15, 0.2) is 0 Å². The van der Waals surface area contributed by atoms with Crippen molar-refractivity contribution < 1.29 is 15.3 Å². The average Bonchev–Trinajstić information content (AvgIpc) is 3.34. The number of fused-ring (bicyclic) bond motifs is 4. The van der Waals surface area contributed by atoms with E-state index in [1.807, 2.05) is 0 Å². The number of hydrogen-bond donors (Lipinski definition) is 0. The monoisotopic (exact) mass is 623 g/mol. The summed E-state index contributed by atoms with van der Waals surface area (Å²) in [6.45, 7) is 2.17. The van der Waals surface area contributed by atoms with Gasteiger partial charge in [0, 0.05) is 0 Å². The van der Waals surface area contributed by atoms with Gasteiger partial charge in [-0.25, -0.2) is 0 Å². The molecule has 0 saturated carbocycles. The van der Waals surface area contributed by atoms with Gasteiger partial charge in [-0.1, -0.05) is 0 Å². The van der Waals surface area contributed by atoms with E-state index >= 15 is 0 Å². The van der Waals surface area contributed by atoms with Crippen LogP contribution in [0.5, 0.6) is 0 Å². The van der Waals surface area contributed by atoms with Crippen molar-refractivity contribution >= 4 is 39.6 Å². The summed E-state index contributed by atoms with van der Waals surface area (Å²) in [6, 6.07) is 26.7. The first kappa shape index (κ1) is 20.3. The van der Waals surface area contributed by atoms with Gasteiger partial charge in [-0.15, -0.1) is 0 Å². The van der Waals surface area contributed by atoms with Crippen LogP contribution in [0.1, 0.15) is 36.5 Å². The molecular formula is C24H22Cl3HfSi. The van der Waals surface area contributed by atoms with Crippen LogP contribution in [0.15, 0.2) is 78.9 Å². The second kappa shape index (κ2) is 7.21. The van der Waals surface area contributed by atoms with Crippen molar-refractivity contribution in [2.24, 2.45) is 0 Å². The fourth-order valence-electron chi connectivity index (χ4n) is 5.43. The predicted octanol–water partition coefficient (Wildman–Crippen LogP) is 8.00. The zero-order valence-electron chi connectivity index (χ0n) is 16.2. The van der Waals surface area contributed by atoms with Gasteiger partial charge in [-0.05, 0) is 0 Å². The van der Waals surface area contributed by atoms with Gasteiger partial charge in [-0.3, -0.25) is 0 Å². The quantitative estimate of drug-likeness (QED) is 0.204. The van der Waals surface area contributed by atoms with E-state index in [0.29, 0.717) is 0 Å². The molecule has 29 heavy (non-hydrogen) atoms. The molecule has 5 heteroatoms. The zero-order chi connectivity index (χ0) is 20.2. The summed E-state index contributed by atoms with van der Waals surface area (Å²) in [5.41, 5.74) is 7.58. The predicted molar refractivity (Wildman–Crippen MR) is 127 cm³/mol. The van der Waals surface area contributed by atoms with Crippen LogP contribution in [-0.4, -0.2) is 5.29 Å². The van der Waals surface area contributed by atoms with Crippen molar-refractivity contribution in [2.45, 2.75) is 20.3 Å². The van der Waals surface area contributed by atoms with E-state index in [-0.39, 0.29) is 7.35 Å². The number of allylic oxidation sites excluding steroid dienone is 1. The maximum atomic E-state index is 8.00. The molecule has 2 atom stereocenters. The molecule has 0 nitrogen and oxygen atoms in total. The first-order valence-electron chi connectivity index (χ1n) is 10.1. The average molecular weight is 623 g/mol. The summed E-state index contributed by atoms with van der Waals surface area (Å²) in [5, 5.41) is -1.94. The zero-order valence-corrected chi connectivity index (χ0v) is 23.2. The Morgan fingerprint density at radius 3 is 1.90 bits per heavy atom. The Bertz CT molecular complexity index is 1090. The van der Waals surface area contributed by atoms with Crippen LogP contribution in [0, 0.1) is 0 Å². The molecule has 3 aromatic rings. The Morgan fingerprint density at radius 2 is 1.31 bits per heavy atom. The number of benzene rings is 3. The summed E-state index contributed by atoms with van der Waals surface area (Å²) in [4.78, 5) is 0. The number of halogens is 3. The molecular weight excluding hydrogens is 601 g/mol. The molecule has 0 aliphatic heterocycles. The molecule has 0 amide bonds. The topological polar surface area (TPSA) is 0 Å². The van der Waals surface area contributed by atoms with E-state index in [1.54, 1.807) is 0 Å². The summed E-state index contributed by atoms with van der Waals surface area (Å²) in [6.07, 6.45) is 4.46. The van der Waals surface area contributed by atoms with Gasteiger partial charge in [-0.2, -0.15) is 0 Å². The van der Waals surface area contributed by atoms with Crippen LogP contribution in [0.2, 0.25) is 6.04 Å². The van der Waals surface area contributed by atoms with E-state index in [4.69, 9.17) is 28.2 Å². The van der Waals surface area contributed by atoms with Gasteiger partial charge < -0.3 is 0 Å².